The molecule has 0 radical (unpaired) electrons. The maximum atomic E-state index is 6.00. The molecule has 7 rings (SSSR count). The van der Waals surface area contributed by atoms with Crippen molar-refractivity contribution < 1.29 is 4.43 Å². The molecule has 1 aromatic carbocycles. The van der Waals surface area contributed by atoms with Crippen molar-refractivity contribution in [3.63, 3.8) is 0 Å². The summed E-state index contributed by atoms with van der Waals surface area (Å²) < 4.78 is 6.00. The van der Waals surface area contributed by atoms with E-state index in [2.05, 4.69) is 41.7 Å². The first kappa shape index (κ1) is 9.49. The van der Waals surface area contributed by atoms with Crippen LogP contribution in [0.5, 0.6) is 5.75 Å². The molecule has 96 valence electrons. The minimum atomic E-state index is 0.391. The summed E-state index contributed by atoms with van der Waals surface area (Å²) in [6.45, 7) is 2.09. The number of para-hydroxylation sites is 1. The fraction of sp³-hybridized carbons (Fsp3) is 0.471. The van der Waals surface area contributed by atoms with Gasteiger partial charge in [0.2, 0.25) is 9.20 Å². The molecule has 0 bridgehead atoms. The third-order valence-electron chi connectivity index (χ3n) is 7.27. The number of aryl methyl sites for hydroxylation is 1. The number of fused-ring (bicyclic) bond motifs is 1. The molecular formula is C17H13NOSi. The van der Waals surface area contributed by atoms with Crippen LogP contribution in [0.25, 0.3) is 10.9 Å². The zero-order chi connectivity index (χ0) is 12.9. The maximum absolute atomic E-state index is 6.00. The second-order valence-corrected chi connectivity index (χ2v) is 8.14. The molecule has 0 amide bonds. The van der Waals surface area contributed by atoms with Gasteiger partial charge in [-0.15, -0.1) is 0 Å². The molecule has 0 aliphatic heterocycles. The molecule has 5 aliphatic rings. The van der Waals surface area contributed by atoms with Gasteiger partial charge in [-0.1, -0.05) is 17.6 Å². The lowest BCUT2D eigenvalue weighted by atomic mass is 10.1. The third kappa shape index (κ3) is 0.588. The number of rotatable bonds is 1. The van der Waals surface area contributed by atoms with Gasteiger partial charge in [0.05, 0.1) is 5.52 Å². The van der Waals surface area contributed by atoms with Gasteiger partial charge in [0.15, 0.2) is 0 Å². The minimum Gasteiger partial charge on any atom is -0.464 e. The largest absolute Gasteiger partial charge is 0.464 e. The molecule has 5 saturated carbocycles. The molecular weight excluding hydrogens is 262 g/mol. The molecule has 3 spiro atoms. The van der Waals surface area contributed by atoms with Crippen molar-refractivity contribution in [1.29, 1.82) is 0 Å². The predicted octanol–water partition coefficient (Wildman–Crippen LogP) is 2.70. The second-order valence-electron chi connectivity index (χ2n) is 7.44. The zero-order valence-corrected chi connectivity index (χ0v) is 12.2. The number of aromatic nitrogens is 1. The topological polar surface area (TPSA) is 25.0 Å². The van der Waals surface area contributed by atoms with E-state index in [0.29, 0.717) is 9.20 Å². The van der Waals surface area contributed by atoms with E-state index in [1.54, 1.807) is 6.42 Å². The van der Waals surface area contributed by atoms with Crippen LogP contribution in [0.2, 0.25) is 0 Å². The molecule has 1 heterocycles. The number of H-pyrrole nitrogens is 1. The average molecular weight is 275 g/mol. The number of nitrogens with one attached hydrogen (secondary N) is 1. The Kier molecular flexibility index (Phi) is 1.05. The summed E-state index contributed by atoms with van der Waals surface area (Å²) in [6.07, 6.45) is 1.56. The lowest BCUT2D eigenvalue weighted by Gasteiger charge is -2.01. The van der Waals surface area contributed by atoms with Crippen molar-refractivity contribution >= 4 is 20.1 Å². The van der Waals surface area contributed by atoms with Crippen LogP contribution in [0.1, 0.15) is 12.1 Å². The van der Waals surface area contributed by atoms with Gasteiger partial charge in [0, 0.05) is 22.4 Å². The van der Waals surface area contributed by atoms with E-state index < -0.39 is 0 Å². The highest BCUT2D eigenvalue weighted by molar-refractivity contribution is 6.17. The molecule has 2 aromatic rings. The molecule has 6 atom stereocenters. The van der Waals surface area contributed by atoms with Crippen LogP contribution in [0, 0.1) is 46.4 Å². The first-order valence-electron chi connectivity index (χ1n) is 7.56. The molecule has 1 N–H and O–H groups in total. The van der Waals surface area contributed by atoms with Gasteiger partial charge in [-0.25, -0.2) is 0 Å². The number of aromatic amines is 1. The Balaban J connectivity index is 1.19. The standard InChI is InChI=1S/C17H13NOSi/c1-8-5-9-3-2-4-11(13(9)18-8)19-20-7-10-14-16(10)15-6-12(15)17(14,15)16/h2-5,10,12,14,18H,6H2,1H3. The van der Waals surface area contributed by atoms with Crippen LogP contribution in [0.15, 0.2) is 24.3 Å². The first-order valence-corrected chi connectivity index (χ1v) is 8.47. The Hall–Kier alpha value is -1.44. The zero-order valence-electron chi connectivity index (χ0n) is 11.2. The van der Waals surface area contributed by atoms with Crippen molar-refractivity contribution in [3.05, 3.63) is 30.0 Å². The number of hydrogen-bond acceptors (Lipinski definition) is 1. The smallest absolute Gasteiger partial charge is 0.249 e. The van der Waals surface area contributed by atoms with Crippen LogP contribution < -0.4 is 4.43 Å². The minimum absolute atomic E-state index is 0.391. The molecule has 2 nitrogen and oxygen atoms in total. The van der Waals surface area contributed by atoms with Gasteiger partial charge in [-0.2, -0.15) is 0 Å². The van der Waals surface area contributed by atoms with Gasteiger partial charge in [0.25, 0.3) is 0 Å². The fourth-order valence-corrected chi connectivity index (χ4v) is 7.43. The molecule has 5 fully saturated rings. The van der Waals surface area contributed by atoms with Gasteiger partial charge < -0.3 is 9.41 Å². The SMILES string of the molecule is Cc1cc2cccc(O[Si]#CC3C4C35C36CC3C465)c2[nH]1. The van der Waals surface area contributed by atoms with E-state index in [9.17, 15) is 0 Å². The Morgan fingerprint density at radius 1 is 1.40 bits per heavy atom. The van der Waals surface area contributed by atoms with Gasteiger partial charge in [-0.3, -0.25) is 0 Å². The van der Waals surface area contributed by atoms with E-state index in [-0.39, 0.29) is 0 Å². The molecule has 20 heavy (non-hydrogen) atoms. The lowest BCUT2D eigenvalue weighted by Crippen LogP contribution is -2.00. The summed E-state index contributed by atoms with van der Waals surface area (Å²) in [5, 5.41) is 1.24. The van der Waals surface area contributed by atoms with Crippen molar-refractivity contribution in [1.82, 2.24) is 4.98 Å². The highest BCUT2D eigenvalue weighted by Gasteiger charge is 3.37. The third-order valence-corrected chi connectivity index (χ3v) is 8.02. The summed E-state index contributed by atoms with van der Waals surface area (Å²) in [5.74, 6) is 4.04. The first-order chi connectivity index (χ1) is 9.80. The number of benzene rings is 1. The number of hydrogen-bond donors (Lipinski definition) is 1. The summed E-state index contributed by atoms with van der Waals surface area (Å²) >= 11 is 0. The lowest BCUT2D eigenvalue weighted by molar-refractivity contribution is 0.519. The molecule has 6 unspecified atom stereocenters. The Morgan fingerprint density at radius 2 is 2.35 bits per heavy atom. The van der Waals surface area contributed by atoms with Gasteiger partial charge >= 0.3 is 0 Å². The van der Waals surface area contributed by atoms with Crippen molar-refractivity contribution in [2.24, 2.45) is 34.0 Å². The quantitative estimate of drug-likeness (QED) is 0.795. The van der Waals surface area contributed by atoms with Crippen LogP contribution in [0.4, 0.5) is 0 Å². The Morgan fingerprint density at radius 3 is 3.10 bits per heavy atom. The fourth-order valence-electron chi connectivity index (χ4n) is 6.57. The van der Waals surface area contributed by atoms with E-state index in [4.69, 9.17) is 4.43 Å². The van der Waals surface area contributed by atoms with Crippen molar-refractivity contribution in [2.75, 3.05) is 0 Å². The molecule has 5 aliphatic carbocycles. The summed E-state index contributed by atoms with van der Waals surface area (Å²) in [7, 11) is 0.391. The van der Waals surface area contributed by atoms with Crippen LogP contribution in [-0.2, 0) is 0 Å². The normalized spacial score (nSPS) is 52.8. The van der Waals surface area contributed by atoms with Crippen LogP contribution in [-0.4, -0.2) is 14.2 Å². The van der Waals surface area contributed by atoms with E-state index in [0.717, 1.165) is 39.3 Å². The van der Waals surface area contributed by atoms with E-state index in [1.165, 1.54) is 17.0 Å². The van der Waals surface area contributed by atoms with Crippen LogP contribution in [0.3, 0.4) is 0 Å². The van der Waals surface area contributed by atoms with E-state index in [1.807, 2.05) is 0 Å². The maximum Gasteiger partial charge on any atom is 0.249 e. The molecule has 0 saturated heterocycles. The summed E-state index contributed by atoms with van der Waals surface area (Å²) in [6, 6.07) is 8.43. The highest BCUT2D eigenvalue weighted by atomic mass is 28.2. The monoisotopic (exact) mass is 275 g/mol. The second kappa shape index (κ2) is 2.22. The van der Waals surface area contributed by atoms with Crippen molar-refractivity contribution in [3.8, 4) is 11.2 Å². The predicted molar refractivity (Wildman–Crippen MR) is 75.7 cm³/mol. The Labute approximate surface area is 118 Å². The summed E-state index contributed by atoms with van der Waals surface area (Å²) in [4.78, 5) is 3.39. The van der Waals surface area contributed by atoms with Gasteiger partial charge in [0.1, 0.15) is 5.75 Å². The Bertz CT molecular complexity index is 923. The van der Waals surface area contributed by atoms with Crippen molar-refractivity contribution in [2.45, 2.75) is 13.3 Å². The average Bonchev–Trinajstić information content (AvgIpc) is 3.26. The molecule has 1 aromatic heterocycles. The summed E-state index contributed by atoms with van der Waals surface area (Å²) in [5.41, 5.74) is 8.67. The van der Waals surface area contributed by atoms with Crippen LogP contribution >= 0.6 is 0 Å². The van der Waals surface area contributed by atoms with Gasteiger partial charge in [-0.05, 0) is 48.1 Å². The molecule has 3 heteroatoms. The highest BCUT2D eigenvalue weighted by Crippen LogP contribution is 3.38. The van der Waals surface area contributed by atoms with E-state index >= 15 is 0 Å².